The second-order valence-corrected chi connectivity index (χ2v) is 5.34. The molecule has 0 atom stereocenters. The zero-order valence-electron chi connectivity index (χ0n) is 12.9. The molecule has 1 heterocycles. The summed E-state index contributed by atoms with van der Waals surface area (Å²) in [6.07, 6.45) is 2.82. The normalized spacial score (nSPS) is 10.7. The van der Waals surface area contributed by atoms with E-state index in [1.807, 2.05) is 18.2 Å². The Bertz CT molecular complexity index is 551. The van der Waals surface area contributed by atoms with Crippen LogP contribution in [0.2, 0.25) is 0 Å². The molecule has 0 saturated carbocycles. The van der Waals surface area contributed by atoms with Gasteiger partial charge >= 0.3 is 0 Å². The molecule has 0 fully saturated rings. The maximum absolute atomic E-state index is 4.46. The molecule has 0 bridgehead atoms. The highest BCUT2D eigenvalue weighted by Crippen LogP contribution is 2.15. The van der Waals surface area contributed by atoms with Crippen molar-refractivity contribution in [3.05, 3.63) is 42.1 Å². The van der Waals surface area contributed by atoms with E-state index in [-0.39, 0.29) is 0 Å². The molecule has 0 saturated heterocycles. The number of hydrogen-bond donors (Lipinski definition) is 2. The van der Waals surface area contributed by atoms with Gasteiger partial charge in [-0.1, -0.05) is 17.7 Å². The maximum Gasteiger partial charge on any atom is 0.224 e. The molecule has 2 N–H and O–H groups in total. The quantitative estimate of drug-likeness (QED) is 0.766. The SMILES string of the molecule is Cc1ccc(Nc2ccnc(NCCCN(C)C)n2)cc1. The highest BCUT2D eigenvalue weighted by Gasteiger charge is 2.00. The number of aromatic nitrogens is 2. The van der Waals surface area contributed by atoms with Crippen molar-refractivity contribution < 1.29 is 0 Å². The fraction of sp³-hybridized carbons (Fsp3) is 0.375. The number of anilines is 3. The van der Waals surface area contributed by atoms with Gasteiger partial charge in [0, 0.05) is 18.4 Å². The van der Waals surface area contributed by atoms with Crippen LogP contribution in [0.3, 0.4) is 0 Å². The summed E-state index contributed by atoms with van der Waals surface area (Å²) in [6.45, 7) is 3.99. The molecule has 21 heavy (non-hydrogen) atoms. The van der Waals surface area contributed by atoms with Crippen LogP contribution in [0.4, 0.5) is 17.5 Å². The molecule has 0 radical (unpaired) electrons. The highest BCUT2D eigenvalue weighted by atomic mass is 15.1. The lowest BCUT2D eigenvalue weighted by Gasteiger charge is -2.10. The zero-order chi connectivity index (χ0) is 15.1. The van der Waals surface area contributed by atoms with Gasteiger partial charge in [-0.25, -0.2) is 4.98 Å². The topological polar surface area (TPSA) is 53.1 Å². The van der Waals surface area contributed by atoms with Gasteiger partial charge in [-0.05, 0) is 52.2 Å². The zero-order valence-corrected chi connectivity index (χ0v) is 12.9. The van der Waals surface area contributed by atoms with Crippen LogP contribution in [0.25, 0.3) is 0 Å². The minimum absolute atomic E-state index is 0.658. The van der Waals surface area contributed by atoms with Crippen molar-refractivity contribution in [2.75, 3.05) is 37.8 Å². The van der Waals surface area contributed by atoms with E-state index in [1.54, 1.807) is 6.20 Å². The standard InChI is InChI=1S/C16H23N5/c1-13-5-7-14(8-6-13)19-15-9-11-18-16(20-15)17-10-4-12-21(2)3/h5-9,11H,4,10,12H2,1-3H3,(H2,17,18,19,20). The lowest BCUT2D eigenvalue weighted by molar-refractivity contribution is 0.405. The van der Waals surface area contributed by atoms with Gasteiger partial charge in [-0.2, -0.15) is 4.98 Å². The second-order valence-electron chi connectivity index (χ2n) is 5.34. The molecule has 2 aromatic rings. The van der Waals surface area contributed by atoms with Crippen LogP contribution in [0.15, 0.2) is 36.5 Å². The third kappa shape index (κ3) is 5.39. The monoisotopic (exact) mass is 285 g/mol. The van der Waals surface area contributed by atoms with Gasteiger partial charge in [-0.3, -0.25) is 0 Å². The molecule has 0 unspecified atom stereocenters. The Morgan fingerprint density at radius 2 is 1.86 bits per heavy atom. The number of nitrogens with one attached hydrogen (secondary N) is 2. The minimum Gasteiger partial charge on any atom is -0.354 e. The highest BCUT2D eigenvalue weighted by molar-refractivity contribution is 5.57. The van der Waals surface area contributed by atoms with E-state index in [2.05, 4.69) is 58.7 Å². The van der Waals surface area contributed by atoms with Crippen molar-refractivity contribution >= 4 is 17.5 Å². The van der Waals surface area contributed by atoms with Gasteiger partial charge in [0.05, 0.1) is 0 Å². The molecule has 0 aliphatic carbocycles. The van der Waals surface area contributed by atoms with Crippen molar-refractivity contribution in [1.82, 2.24) is 14.9 Å². The van der Waals surface area contributed by atoms with Gasteiger partial charge in [0.25, 0.3) is 0 Å². The predicted octanol–water partition coefficient (Wildman–Crippen LogP) is 2.89. The van der Waals surface area contributed by atoms with Gasteiger partial charge in [-0.15, -0.1) is 0 Å². The summed E-state index contributed by atoms with van der Waals surface area (Å²) in [5, 5.41) is 6.53. The molecule has 5 heteroatoms. The van der Waals surface area contributed by atoms with E-state index in [0.29, 0.717) is 5.95 Å². The molecule has 112 valence electrons. The minimum atomic E-state index is 0.658. The summed E-state index contributed by atoms with van der Waals surface area (Å²) in [6, 6.07) is 10.1. The van der Waals surface area contributed by atoms with Crippen LogP contribution in [0.1, 0.15) is 12.0 Å². The van der Waals surface area contributed by atoms with E-state index >= 15 is 0 Å². The Morgan fingerprint density at radius 3 is 2.57 bits per heavy atom. The molecule has 5 nitrogen and oxygen atoms in total. The van der Waals surface area contributed by atoms with Gasteiger partial charge in [0.2, 0.25) is 5.95 Å². The van der Waals surface area contributed by atoms with Crippen molar-refractivity contribution in [3.63, 3.8) is 0 Å². The number of nitrogens with zero attached hydrogens (tertiary/aromatic N) is 3. The van der Waals surface area contributed by atoms with Crippen LogP contribution in [0.5, 0.6) is 0 Å². The Morgan fingerprint density at radius 1 is 1.10 bits per heavy atom. The first-order valence-corrected chi connectivity index (χ1v) is 7.19. The lowest BCUT2D eigenvalue weighted by atomic mass is 10.2. The second kappa shape index (κ2) is 7.59. The first-order valence-electron chi connectivity index (χ1n) is 7.19. The van der Waals surface area contributed by atoms with E-state index in [4.69, 9.17) is 0 Å². The van der Waals surface area contributed by atoms with Crippen LogP contribution in [-0.2, 0) is 0 Å². The van der Waals surface area contributed by atoms with Gasteiger partial charge in [0.1, 0.15) is 5.82 Å². The van der Waals surface area contributed by atoms with Crippen LogP contribution in [0, 0.1) is 6.92 Å². The first-order chi connectivity index (χ1) is 10.1. The number of hydrogen-bond acceptors (Lipinski definition) is 5. The lowest BCUT2D eigenvalue weighted by Crippen LogP contribution is -2.17. The first kappa shape index (κ1) is 15.3. The molecule has 0 aliphatic rings. The fourth-order valence-electron chi connectivity index (χ4n) is 1.89. The van der Waals surface area contributed by atoms with Gasteiger partial charge < -0.3 is 15.5 Å². The fourth-order valence-corrected chi connectivity index (χ4v) is 1.89. The van der Waals surface area contributed by atoms with Crippen LogP contribution < -0.4 is 10.6 Å². The maximum atomic E-state index is 4.46. The molecule has 1 aromatic carbocycles. The number of rotatable bonds is 7. The largest absolute Gasteiger partial charge is 0.354 e. The summed E-state index contributed by atoms with van der Waals surface area (Å²) in [4.78, 5) is 10.9. The number of aryl methyl sites for hydroxylation is 1. The van der Waals surface area contributed by atoms with Crippen molar-refractivity contribution in [1.29, 1.82) is 0 Å². The Kier molecular flexibility index (Phi) is 5.51. The van der Waals surface area contributed by atoms with Crippen molar-refractivity contribution in [2.24, 2.45) is 0 Å². The molecular weight excluding hydrogens is 262 g/mol. The van der Waals surface area contributed by atoms with E-state index in [1.165, 1.54) is 5.56 Å². The van der Waals surface area contributed by atoms with Crippen molar-refractivity contribution in [3.8, 4) is 0 Å². The van der Waals surface area contributed by atoms with E-state index < -0.39 is 0 Å². The molecule has 0 spiro atoms. The third-order valence-corrected chi connectivity index (χ3v) is 3.04. The molecule has 2 rings (SSSR count). The summed E-state index contributed by atoms with van der Waals surface area (Å²) < 4.78 is 0. The molecular formula is C16H23N5. The number of benzene rings is 1. The average Bonchev–Trinajstić information content (AvgIpc) is 2.46. The van der Waals surface area contributed by atoms with E-state index in [9.17, 15) is 0 Å². The molecule has 0 amide bonds. The summed E-state index contributed by atoms with van der Waals surface area (Å²) in [5.41, 5.74) is 2.27. The van der Waals surface area contributed by atoms with E-state index in [0.717, 1.165) is 31.0 Å². The smallest absolute Gasteiger partial charge is 0.224 e. The Labute approximate surface area is 126 Å². The van der Waals surface area contributed by atoms with Crippen LogP contribution >= 0.6 is 0 Å². The Balaban J connectivity index is 1.89. The van der Waals surface area contributed by atoms with Crippen molar-refractivity contribution in [2.45, 2.75) is 13.3 Å². The summed E-state index contributed by atoms with van der Waals surface area (Å²) in [5.74, 6) is 1.45. The Hall–Kier alpha value is -2.14. The third-order valence-electron chi connectivity index (χ3n) is 3.04. The molecule has 0 aliphatic heterocycles. The summed E-state index contributed by atoms with van der Waals surface area (Å²) >= 11 is 0. The summed E-state index contributed by atoms with van der Waals surface area (Å²) in [7, 11) is 4.14. The molecule has 1 aromatic heterocycles. The van der Waals surface area contributed by atoms with Gasteiger partial charge in [0.15, 0.2) is 0 Å². The average molecular weight is 285 g/mol. The predicted molar refractivity (Wildman–Crippen MR) is 88.2 cm³/mol. The van der Waals surface area contributed by atoms with Crippen LogP contribution in [-0.4, -0.2) is 42.1 Å².